The normalized spacial score (nSPS) is 14.3. The van der Waals surface area contributed by atoms with Gasteiger partial charge in [-0.3, -0.25) is 19.0 Å². The van der Waals surface area contributed by atoms with Gasteiger partial charge >= 0.3 is 0 Å². The van der Waals surface area contributed by atoms with Crippen LogP contribution in [0.2, 0.25) is 0 Å². The first-order valence-electron chi connectivity index (χ1n) is 11.2. The van der Waals surface area contributed by atoms with E-state index < -0.39 is 6.04 Å². The molecular weight excluding hydrogens is 453 g/mol. The maximum atomic E-state index is 13.4. The summed E-state index contributed by atoms with van der Waals surface area (Å²) in [7, 11) is 0. The third kappa shape index (κ3) is 4.87. The Bertz CT molecular complexity index is 1410. The molecule has 5 rings (SSSR count). The molecule has 0 amide bonds. The number of ketones is 2. The van der Waals surface area contributed by atoms with Crippen molar-refractivity contribution in [2.24, 2.45) is 5.92 Å². The number of hydrogen-bond donors (Lipinski definition) is 0. The van der Waals surface area contributed by atoms with E-state index in [9.17, 15) is 18.8 Å². The number of fused-ring (bicyclic) bond motifs is 1. The van der Waals surface area contributed by atoms with Crippen LogP contribution in [0.1, 0.15) is 46.2 Å². The van der Waals surface area contributed by atoms with Gasteiger partial charge in [0.15, 0.2) is 11.6 Å². The van der Waals surface area contributed by atoms with Gasteiger partial charge < -0.3 is 0 Å². The monoisotopic (exact) mass is 475 g/mol. The van der Waals surface area contributed by atoms with Crippen LogP contribution in [0.15, 0.2) is 65.2 Å². The van der Waals surface area contributed by atoms with Crippen LogP contribution < -0.4 is 5.56 Å². The smallest absolute Gasteiger partial charge is 0.261 e. The molecule has 0 radical (unpaired) electrons. The molecule has 0 N–H and O–H groups in total. The third-order valence-corrected chi connectivity index (χ3v) is 6.92. The fourth-order valence-corrected chi connectivity index (χ4v) is 4.68. The van der Waals surface area contributed by atoms with Crippen molar-refractivity contribution >= 4 is 33.8 Å². The number of benzene rings is 2. The quantitative estimate of drug-likeness (QED) is 0.331. The zero-order valence-corrected chi connectivity index (χ0v) is 19.1. The summed E-state index contributed by atoms with van der Waals surface area (Å²) in [5.41, 5.74) is 1.35. The van der Waals surface area contributed by atoms with Crippen molar-refractivity contribution in [2.75, 3.05) is 0 Å². The molecule has 0 aliphatic heterocycles. The molecule has 1 fully saturated rings. The van der Waals surface area contributed by atoms with Gasteiger partial charge in [-0.2, -0.15) is 0 Å². The number of halogens is 1. The molecule has 6 nitrogen and oxygen atoms in total. The fraction of sp³-hybridized carbons (Fsp3) is 0.269. The average Bonchev–Trinajstić information content (AvgIpc) is 3.50. The molecule has 1 unspecified atom stereocenters. The topological polar surface area (TPSA) is 81.9 Å². The Hall–Kier alpha value is -3.52. The molecule has 0 saturated heterocycles. The summed E-state index contributed by atoms with van der Waals surface area (Å²) in [6.45, 7) is 0. The molecule has 172 valence electrons. The Morgan fingerprint density at radius 1 is 1.12 bits per heavy atom. The van der Waals surface area contributed by atoms with E-state index in [4.69, 9.17) is 0 Å². The molecule has 8 heteroatoms. The van der Waals surface area contributed by atoms with E-state index in [1.807, 2.05) is 0 Å². The second-order valence-electron chi connectivity index (χ2n) is 8.67. The highest BCUT2D eigenvalue weighted by Gasteiger charge is 2.26. The lowest BCUT2D eigenvalue weighted by molar-refractivity contribution is -0.121. The summed E-state index contributed by atoms with van der Waals surface area (Å²) < 4.78 is 14.7. The number of carbonyl (C=O) groups is 2. The van der Waals surface area contributed by atoms with Crippen LogP contribution >= 0.6 is 11.3 Å². The molecule has 1 saturated carbocycles. The summed E-state index contributed by atoms with van der Waals surface area (Å²) in [6.07, 6.45) is 6.01. The Morgan fingerprint density at radius 3 is 2.62 bits per heavy atom. The Kier molecular flexibility index (Phi) is 6.15. The highest BCUT2D eigenvalue weighted by Crippen LogP contribution is 2.33. The number of thiazole rings is 1. The Labute approximate surface area is 199 Å². The fourth-order valence-electron chi connectivity index (χ4n) is 4.05. The van der Waals surface area contributed by atoms with Crippen LogP contribution in [0.25, 0.3) is 10.9 Å². The van der Waals surface area contributed by atoms with Crippen molar-refractivity contribution in [1.82, 2.24) is 14.5 Å². The van der Waals surface area contributed by atoms with E-state index in [0.29, 0.717) is 33.8 Å². The van der Waals surface area contributed by atoms with Gasteiger partial charge in [-0.1, -0.05) is 18.2 Å². The molecule has 0 spiro atoms. The van der Waals surface area contributed by atoms with Gasteiger partial charge in [-0.15, -0.1) is 11.3 Å². The zero-order valence-electron chi connectivity index (χ0n) is 18.3. The number of carbonyl (C=O) groups excluding carboxylic acids is 2. The summed E-state index contributed by atoms with van der Waals surface area (Å²) in [5, 5.41) is 2.80. The first kappa shape index (κ1) is 22.3. The third-order valence-electron chi connectivity index (χ3n) is 6.14. The van der Waals surface area contributed by atoms with Gasteiger partial charge in [-0.05, 0) is 48.6 Å². The molecule has 1 aliphatic rings. The first-order chi connectivity index (χ1) is 16.5. The van der Waals surface area contributed by atoms with Gasteiger partial charge in [0.25, 0.3) is 5.56 Å². The van der Waals surface area contributed by atoms with Crippen molar-refractivity contribution in [3.05, 3.63) is 92.7 Å². The van der Waals surface area contributed by atoms with Crippen molar-refractivity contribution < 1.29 is 14.0 Å². The molecule has 1 atom stereocenters. The molecular formula is C26H22FN3O3S. The minimum atomic E-state index is -0.824. The van der Waals surface area contributed by atoms with Gasteiger partial charge in [0.05, 0.1) is 28.7 Å². The number of hydrogen-bond acceptors (Lipinski definition) is 6. The minimum Gasteiger partial charge on any atom is -0.297 e. The van der Waals surface area contributed by atoms with Gasteiger partial charge in [0.2, 0.25) is 0 Å². The molecule has 1 aliphatic carbocycles. The number of nitrogens with zero attached hydrogens (tertiary/aromatic N) is 3. The van der Waals surface area contributed by atoms with Crippen LogP contribution in [-0.4, -0.2) is 26.1 Å². The van der Waals surface area contributed by atoms with E-state index in [-0.39, 0.29) is 35.8 Å². The molecule has 4 aromatic rings. The summed E-state index contributed by atoms with van der Waals surface area (Å²) in [6, 6.07) is 9.98. The molecule has 34 heavy (non-hydrogen) atoms. The van der Waals surface area contributed by atoms with Crippen LogP contribution in [-0.2, 0) is 17.6 Å². The van der Waals surface area contributed by atoms with Gasteiger partial charge in [0.1, 0.15) is 11.9 Å². The van der Waals surface area contributed by atoms with Crippen molar-refractivity contribution in [1.29, 1.82) is 0 Å². The second kappa shape index (κ2) is 9.38. The molecule has 0 bridgehead atoms. The lowest BCUT2D eigenvalue weighted by Crippen LogP contribution is -2.32. The molecule has 2 aromatic carbocycles. The van der Waals surface area contributed by atoms with Crippen molar-refractivity contribution in [2.45, 2.75) is 38.1 Å². The summed E-state index contributed by atoms with van der Waals surface area (Å²) in [5.74, 6) is -0.0202. The number of Topliss-reactive ketones (excluding diaryl/α,β-unsaturated/α-hetero) is 2. The maximum Gasteiger partial charge on any atom is 0.261 e. The predicted octanol–water partition coefficient (Wildman–Crippen LogP) is 4.57. The van der Waals surface area contributed by atoms with Crippen LogP contribution in [0.4, 0.5) is 4.39 Å². The SMILES string of the molecule is O=C(CC1CC1)c1ccc2c(=O)n(C(Cc3ccc(F)cc3)C(=O)Cc3nccs3)cnc2c1. The van der Waals surface area contributed by atoms with E-state index in [2.05, 4.69) is 9.97 Å². The van der Waals surface area contributed by atoms with Crippen LogP contribution in [0.5, 0.6) is 0 Å². The van der Waals surface area contributed by atoms with Gasteiger partial charge in [0, 0.05) is 30.0 Å². The highest BCUT2D eigenvalue weighted by molar-refractivity contribution is 7.09. The Balaban J connectivity index is 1.50. The van der Waals surface area contributed by atoms with Crippen LogP contribution in [0.3, 0.4) is 0 Å². The largest absolute Gasteiger partial charge is 0.297 e. The highest BCUT2D eigenvalue weighted by atomic mass is 32.1. The van der Waals surface area contributed by atoms with Gasteiger partial charge in [-0.25, -0.2) is 14.4 Å². The predicted molar refractivity (Wildman–Crippen MR) is 128 cm³/mol. The Morgan fingerprint density at radius 2 is 1.91 bits per heavy atom. The second-order valence-corrected chi connectivity index (χ2v) is 9.65. The van der Waals surface area contributed by atoms with Crippen molar-refractivity contribution in [3.8, 4) is 0 Å². The zero-order chi connectivity index (χ0) is 23.7. The van der Waals surface area contributed by atoms with E-state index in [1.165, 1.54) is 34.4 Å². The summed E-state index contributed by atoms with van der Waals surface area (Å²) in [4.78, 5) is 47.8. The summed E-state index contributed by atoms with van der Waals surface area (Å²) >= 11 is 1.38. The van der Waals surface area contributed by atoms with E-state index in [0.717, 1.165) is 18.4 Å². The van der Waals surface area contributed by atoms with Crippen LogP contribution in [0, 0.1) is 11.7 Å². The maximum absolute atomic E-state index is 13.4. The standard InChI is InChI=1S/C26H22FN3O3S/c27-19-6-3-16(4-7-19)11-22(24(32)14-25-28-9-10-34-25)30-15-29-21-13-18(5-8-20(21)26(30)33)23(31)12-17-1-2-17/h3-10,13,15,17,22H,1-2,11-12,14H2. The van der Waals surface area contributed by atoms with Crippen molar-refractivity contribution in [3.63, 3.8) is 0 Å². The number of rotatable bonds is 9. The molecule has 2 heterocycles. The first-order valence-corrected chi connectivity index (χ1v) is 12.1. The van der Waals surface area contributed by atoms with E-state index in [1.54, 1.807) is 41.9 Å². The average molecular weight is 476 g/mol. The van der Waals surface area contributed by atoms with E-state index >= 15 is 0 Å². The number of aromatic nitrogens is 3. The molecule has 2 aromatic heterocycles. The lowest BCUT2D eigenvalue weighted by Gasteiger charge is -2.19. The lowest BCUT2D eigenvalue weighted by atomic mass is 10.00. The minimum absolute atomic E-state index is 0.0585.